The van der Waals surface area contributed by atoms with Crippen molar-refractivity contribution in [2.75, 3.05) is 7.05 Å². The number of carbonyl (C=O) groups is 2. The van der Waals surface area contributed by atoms with E-state index in [2.05, 4.69) is 22.2 Å². The van der Waals surface area contributed by atoms with Gasteiger partial charge in [-0.1, -0.05) is 12.2 Å². The van der Waals surface area contributed by atoms with E-state index >= 15 is 0 Å². The van der Waals surface area contributed by atoms with Gasteiger partial charge in [0.15, 0.2) is 0 Å². The molecule has 2 aliphatic heterocycles. The van der Waals surface area contributed by atoms with Crippen LogP contribution >= 0.6 is 0 Å². The lowest BCUT2D eigenvalue weighted by atomic mass is 9.78. The van der Waals surface area contributed by atoms with Crippen LogP contribution in [0.15, 0.2) is 41.8 Å². The highest BCUT2D eigenvalue weighted by molar-refractivity contribution is 5.93. The van der Waals surface area contributed by atoms with Gasteiger partial charge in [-0.3, -0.25) is 14.6 Å². The lowest BCUT2D eigenvalue weighted by Crippen LogP contribution is -2.29. The van der Waals surface area contributed by atoms with Gasteiger partial charge in [-0.05, 0) is 50.2 Å². The summed E-state index contributed by atoms with van der Waals surface area (Å²) in [5.41, 5.74) is 0.507. The summed E-state index contributed by atoms with van der Waals surface area (Å²) >= 11 is 0. The van der Waals surface area contributed by atoms with Crippen molar-refractivity contribution in [2.24, 2.45) is 16.9 Å². The molecule has 0 saturated carbocycles. The molecule has 7 heteroatoms. The molecule has 0 unspecified atom stereocenters. The standard InChI is InChI=1S/C21H27N3O4/c1-24(21(27)15-7-6-12-22-13-15)23-14-17-16(18-10-11-19(17)28-18)8-4-2-3-5-9-20(25)26/h2,4,6-7,12-14,16-19H,3,5,8-11H2,1H3,(H,25,26)/t16-,17-,18-,19+/m1/s1. The van der Waals surface area contributed by atoms with E-state index in [1.807, 2.05) is 6.21 Å². The second-order valence-corrected chi connectivity index (χ2v) is 7.36. The number of rotatable bonds is 9. The van der Waals surface area contributed by atoms with Gasteiger partial charge in [0.05, 0.1) is 17.8 Å². The molecule has 1 aromatic rings. The van der Waals surface area contributed by atoms with Crippen molar-refractivity contribution in [3.63, 3.8) is 0 Å². The van der Waals surface area contributed by atoms with E-state index in [1.54, 1.807) is 25.4 Å². The molecule has 0 aromatic carbocycles. The van der Waals surface area contributed by atoms with Crippen molar-refractivity contribution in [3.8, 4) is 0 Å². The molecule has 0 radical (unpaired) electrons. The van der Waals surface area contributed by atoms with Crippen LogP contribution in [0.1, 0.15) is 48.9 Å². The number of aromatic nitrogens is 1. The fourth-order valence-corrected chi connectivity index (χ4v) is 3.97. The summed E-state index contributed by atoms with van der Waals surface area (Å²) < 4.78 is 6.07. The van der Waals surface area contributed by atoms with Crippen LogP contribution in [0.3, 0.4) is 0 Å². The zero-order valence-electron chi connectivity index (χ0n) is 16.1. The summed E-state index contributed by atoms with van der Waals surface area (Å²) in [6.45, 7) is 0. The summed E-state index contributed by atoms with van der Waals surface area (Å²) in [7, 11) is 1.65. The van der Waals surface area contributed by atoms with E-state index in [4.69, 9.17) is 9.84 Å². The second-order valence-electron chi connectivity index (χ2n) is 7.36. The summed E-state index contributed by atoms with van der Waals surface area (Å²) in [6.07, 6.45) is 14.2. The van der Waals surface area contributed by atoms with Gasteiger partial charge in [0.1, 0.15) is 0 Å². The van der Waals surface area contributed by atoms with Crippen LogP contribution in [0.25, 0.3) is 0 Å². The Bertz CT molecular complexity index is 734. The smallest absolute Gasteiger partial charge is 0.303 e. The number of hydrazone groups is 1. The minimum atomic E-state index is -0.754. The number of carboxylic acid groups (broad SMARTS) is 1. The number of allylic oxidation sites excluding steroid dienone is 2. The third-order valence-corrected chi connectivity index (χ3v) is 5.44. The van der Waals surface area contributed by atoms with Crippen molar-refractivity contribution < 1.29 is 19.4 Å². The molecule has 2 saturated heterocycles. The predicted octanol–water partition coefficient (Wildman–Crippen LogP) is 3.13. The van der Waals surface area contributed by atoms with Crippen LogP contribution in [0.4, 0.5) is 0 Å². The molecule has 2 aliphatic rings. The first-order valence-electron chi connectivity index (χ1n) is 9.80. The van der Waals surface area contributed by atoms with E-state index in [1.165, 1.54) is 11.2 Å². The quantitative estimate of drug-likeness (QED) is 0.305. The molecule has 4 atom stereocenters. The van der Waals surface area contributed by atoms with E-state index in [0.29, 0.717) is 17.9 Å². The third kappa shape index (κ3) is 5.04. The Kier molecular flexibility index (Phi) is 6.92. The van der Waals surface area contributed by atoms with Crippen LogP contribution in [-0.2, 0) is 9.53 Å². The molecule has 28 heavy (non-hydrogen) atoms. The molecule has 3 rings (SSSR count). The molecular formula is C21H27N3O4. The highest BCUT2D eigenvalue weighted by Gasteiger charge is 2.47. The Morgan fingerprint density at radius 1 is 1.36 bits per heavy atom. The van der Waals surface area contributed by atoms with Crippen LogP contribution < -0.4 is 0 Å². The van der Waals surface area contributed by atoms with Gasteiger partial charge >= 0.3 is 5.97 Å². The zero-order chi connectivity index (χ0) is 19.9. The Labute approximate surface area is 165 Å². The number of unbranched alkanes of at least 4 members (excludes halogenated alkanes) is 1. The first kappa shape index (κ1) is 20.2. The maximum absolute atomic E-state index is 12.4. The number of hydrogen-bond acceptors (Lipinski definition) is 5. The number of pyridine rings is 1. The van der Waals surface area contributed by atoms with Crippen LogP contribution in [0, 0.1) is 11.8 Å². The average molecular weight is 385 g/mol. The van der Waals surface area contributed by atoms with Gasteiger partial charge in [-0.2, -0.15) is 5.10 Å². The number of carboxylic acids is 1. The number of nitrogens with zero attached hydrogens (tertiary/aromatic N) is 3. The maximum atomic E-state index is 12.4. The fourth-order valence-electron chi connectivity index (χ4n) is 3.97. The van der Waals surface area contributed by atoms with Crippen molar-refractivity contribution in [1.82, 2.24) is 9.99 Å². The molecule has 7 nitrogen and oxygen atoms in total. The van der Waals surface area contributed by atoms with E-state index in [-0.39, 0.29) is 30.5 Å². The minimum absolute atomic E-state index is 0.168. The maximum Gasteiger partial charge on any atom is 0.303 e. The summed E-state index contributed by atoms with van der Waals surface area (Å²) in [5.74, 6) is -0.411. The van der Waals surface area contributed by atoms with Gasteiger partial charge in [0.25, 0.3) is 5.91 Å². The summed E-state index contributed by atoms with van der Waals surface area (Å²) in [6, 6.07) is 3.45. The fraction of sp³-hybridized carbons (Fsp3) is 0.524. The molecule has 2 fully saturated rings. The van der Waals surface area contributed by atoms with Crippen molar-refractivity contribution in [1.29, 1.82) is 0 Å². The second kappa shape index (κ2) is 9.59. The summed E-state index contributed by atoms with van der Waals surface area (Å²) in [5, 5.41) is 14.4. The number of aliphatic carboxylic acids is 1. The van der Waals surface area contributed by atoms with Gasteiger partial charge in [-0.15, -0.1) is 0 Å². The number of ether oxygens (including phenoxy) is 1. The zero-order valence-corrected chi connectivity index (χ0v) is 16.1. The predicted molar refractivity (Wildman–Crippen MR) is 105 cm³/mol. The molecule has 0 spiro atoms. The molecule has 3 heterocycles. The first-order valence-corrected chi connectivity index (χ1v) is 9.80. The van der Waals surface area contributed by atoms with Crippen molar-refractivity contribution >= 4 is 18.1 Å². The van der Waals surface area contributed by atoms with Gasteiger partial charge in [0.2, 0.25) is 0 Å². The Balaban J connectivity index is 1.55. The van der Waals surface area contributed by atoms with Crippen molar-refractivity contribution in [2.45, 2.75) is 50.7 Å². The highest BCUT2D eigenvalue weighted by Crippen LogP contribution is 2.44. The molecule has 1 aromatic heterocycles. The molecule has 0 aliphatic carbocycles. The van der Waals surface area contributed by atoms with Crippen LogP contribution in [0.5, 0.6) is 0 Å². The third-order valence-electron chi connectivity index (χ3n) is 5.44. The lowest BCUT2D eigenvalue weighted by molar-refractivity contribution is -0.137. The van der Waals surface area contributed by atoms with Crippen molar-refractivity contribution in [3.05, 3.63) is 42.2 Å². The normalized spacial score (nSPS) is 26.3. The highest BCUT2D eigenvalue weighted by atomic mass is 16.5. The molecule has 1 N–H and O–H groups in total. The molecular weight excluding hydrogens is 358 g/mol. The number of amides is 1. The topological polar surface area (TPSA) is 92.1 Å². The minimum Gasteiger partial charge on any atom is -0.481 e. The Morgan fingerprint density at radius 3 is 2.93 bits per heavy atom. The monoisotopic (exact) mass is 385 g/mol. The number of carbonyl (C=O) groups excluding carboxylic acids is 1. The van der Waals surface area contributed by atoms with Gasteiger partial charge in [-0.25, -0.2) is 5.01 Å². The number of hydrogen-bond donors (Lipinski definition) is 1. The van der Waals surface area contributed by atoms with Gasteiger partial charge in [0, 0.05) is 38.0 Å². The van der Waals surface area contributed by atoms with E-state index in [0.717, 1.165) is 25.7 Å². The average Bonchev–Trinajstić information content (AvgIpc) is 3.30. The van der Waals surface area contributed by atoms with E-state index in [9.17, 15) is 9.59 Å². The van der Waals surface area contributed by atoms with Crippen LogP contribution in [-0.4, -0.2) is 52.4 Å². The molecule has 2 bridgehead atoms. The Morgan fingerprint density at radius 2 is 2.18 bits per heavy atom. The largest absolute Gasteiger partial charge is 0.481 e. The molecule has 150 valence electrons. The Hall–Kier alpha value is -2.54. The summed E-state index contributed by atoms with van der Waals surface area (Å²) in [4.78, 5) is 26.9. The van der Waals surface area contributed by atoms with Gasteiger partial charge < -0.3 is 9.84 Å². The molecule has 1 amide bonds. The first-order chi connectivity index (χ1) is 13.6. The van der Waals surface area contributed by atoms with Crippen LogP contribution in [0.2, 0.25) is 0 Å². The van der Waals surface area contributed by atoms with E-state index < -0.39 is 5.97 Å². The number of fused-ring (bicyclic) bond motifs is 2. The SMILES string of the molecule is CN(N=C[C@@H]1[C@@H](CC=CCCCC(=O)O)[C@H]2CC[C@@H]1O2)C(=O)c1cccnc1. The lowest BCUT2D eigenvalue weighted by Gasteiger charge is -2.24.